The molecule has 0 aromatic heterocycles. The zero-order valence-electron chi connectivity index (χ0n) is 8.37. The minimum atomic E-state index is -3.59. The molecule has 0 heterocycles. The Labute approximate surface area is 90.8 Å². The molecule has 0 saturated carbocycles. The quantitative estimate of drug-likeness (QED) is 0.805. The Kier molecular flexibility index (Phi) is 4.12. The molecule has 80 valence electrons. The fraction of sp³-hybridized carbons (Fsp3) is 0.333. The molecule has 0 atom stereocenters. The van der Waals surface area contributed by atoms with Crippen LogP contribution in [0, 0.1) is 20.8 Å². The second kappa shape index (κ2) is 4.29. The van der Waals surface area contributed by atoms with E-state index in [1.54, 1.807) is 19.9 Å². The summed E-state index contributed by atoms with van der Waals surface area (Å²) >= 11 is 0. The van der Waals surface area contributed by atoms with Crippen LogP contribution in [0.4, 0.5) is 0 Å². The number of sulfonamides is 1. The molecule has 0 unspecified atom stereocenters. The van der Waals surface area contributed by atoms with Crippen LogP contribution in [0.2, 0.25) is 0 Å². The van der Waals surface area contributed by atoms with Gasteiger partial charge >= 0.3 is 0 Å². The minimum absolute atomic E-state index is 0. The van der Waals surface area contributed by atoms with Gasteiger partial charge in [0.05, 0.1) is 4.90 Å². The smallest absolute Gasteiger partial charge is 0.225 e. The highest BCUT2D eigenvalue weighted by Gasteiger charge is 2.15. The van der Waals surface area contributed by atoms with E-state index in [1.165, 1.54) is 0 Å². The van der Waals surface area contributed by atoms with Crippen molar-refractivity contribution in [3.8, 4) is 0 Å². The highest BCUT2D eigenvalue weighted by atomic mass is 35.5. The Morgan fingerprint density at radius 1 is 1.07 bits per heavy atom. The third kappa shape index (κ3) is 2.47. The summed E-state index contributed by atoms with van der Waals surface area (Å²) in [4.78, 5) is 0.257. The molecular weight excluding hydrogens is 222 g/mol. The molecule has 1 aromatic carbocycles. The molecule has 1 rings (SSSR count). The van der Waals surface area contributed by atoms with Crippen molar-refractivity contribution in [1.82, 2.24) is 0 Å². The van der Waals surface area contributed by atoms with Crippen LogP contribution in [0.3, 0.4) is 0 Å². The number of nitrogens with two attached hydrogens (primary N) is 1. The third-order valence-corrected chi connectivity index (χ3v) is 3.36. The third-order valence-electron chi connectivity index (χ3n) is 2.16. The molecule has 0 aliphatic carbocycles. The van der Waals surface area contributed by atoms with Gasteiger partial charge in [0.1, 0.15) is 0 Å². The summed E-state index contributed by atoms with van der Waals surface area (Å²) in [5.41, 5.74) is 2.38. The van der Waals surface area contributed by atoms with E-state index >= 15 is 0 Å². The fourth-order valence-corrected chi connectivity index (χ4v) is 2.47. The largest absolute Gasteiger partial charge is 0.238 e. The molecular formula is C9H14ClNO2S. The highest BCUT2D eigenvalue weighted by Crippen LogP contribution is 2.20. The highest BCUT2D eigenvalue weighted by molar-refractivity contribution is 7.89. The maximum atomic E-state index is 11.2. The van der Waals surface area contributed by atoms with Gasteiger partial charge in [0.2, 0.25) is 10.0 Å². The van der Waals surface area contributed by atoms with E-state index < -0.39 is 10.0 Å². The number of hydrogen-bond acceptors (Lipinski definition) is 2. The van der Waals surface area contributed by atoms with Crippen LogP contribution in [0.25, 0.3) is 0 Å². The maximum Gasteiger partial charge on any atom is 0.238 e. The van der Waals surface area contributed by atoms with Crippen LogP contribution in [-0.4, -0.2) is 8.42 Å². The number of primary sulfonamides is 1. The topological polar surface area (TPSA) is 60.2 Å². The van der Waals surface area contributed by atoms with Crippen LogP contribution in [-0.2, 0) is 10.0 Å². The summed E-state index contributed by atoms with van der Waals surface area (Å²) in [6, 6.07) is 3.65. The lowest BCUT2D eigenvalue weighted by Crippen LogP contribution is -2.15. The molecule has 0 saturated heterocycles. The summed E-state index contributed by atoms with van der Waals surface area (Å²) in [6.07, 6.45) is 0. The van der Waals surface area contributed by atoms with Gasteiger partial charge in [-0.3, -0.25) is 0 Å². The Morgan fingerprint density at radius 2 is 1.50 bits per heavy atom. The van der Waals surface area contributed by atoms with Crippen LogP contribution in [0.1, 0.15) is 16.7 Å². The van der Waals surface area contributed by atoms with Crippen molar-refractivity contribution in [3.05, 3.63) is 28.8 Å². The molecule has 0 bridgehead atoms. The Balaban J connectivity index is 0.00000169. The molecule has 0 aliphatic rings. The molecule has 1 aromatic rings. The van der Waals surface area contributed by atoms with Crippen LogP contribution in [0.5, 0.6) is 0 Å². The molecule has 2 N–H and O–H groups in total. The Morgan fingerprint density at radius 3 is 1.86 bits per heavy atom. The van der Waals surface area contributed by atoms with E-state index in [4.69, 9.17) is 5.14 Å². The molecule has 14 heavy (non-hydrogen) atoms. The first kappa shape index (κ1) is 13.4. The van der Waals surface area contributed by atoms with E-state index in [-0.39, 0.29) is 17.3 Å². The van der Waals surface area contributed by atoms with Gasteiger partial charge in [0.25, 0.3) is 0 Å². The van der Waals surface area contributed by atoms with Crippen molar-refractivity contribution in [3.63, 3.8) is 0 Å². The summed E-state index contributed by atoms with van der Waals surface area (Å²) in [6.45, 7) is 5.37. The van der Waals surface area contributed by atoms with Crippen molar-refractivity contribution in [2.45, 2.75) is 25.7 Å². The monoisotopic (exact) mass is 235 g/mol. The van der Waals surface area contributed by atoms with E-state index in [1.807, 2.05) is 13.0 Å². The Hall–Kier alpha value is -0.580. The molecule has 0 spiro atoms. The molecule has 3 nitrogen and oxygen atoms in total. The predicted molar refractivity (Wildman–Crippen MR) is 59.3 cm³/mol. The first-order valence-electron chi connectivity index (χ1n) is 3.93. The van der Waals surface area contributed by atoms with E-state index in [0.29, 0.717) is 5.56 Å². The first-order valence-corrected chi connectivity index (χ1v) is 5.48. The average Bonchev–Trinajstić information content (AvgIpc) is 1.95. The van der Waals surface area contributed by atoms with E-state index in [0.717, 1.165) is 11.1 Å². The molecule has 0 amide bonds. The molecule has 0 fully saturated rings. The van der Waals surface area contributed by atoms with Crippen LogP contribution in [0.15, 0.2) is 17.0 Å². The first-order chi connectivity index (χ1) is 5.84. The van der Waals surface area contributed by atoms with Crippen LogP contribution >= 0.6 is 12.4 Å². The number of hydrogen-bond donors (Lipinski definition) is 1. The number of aryl methyl sites for hydroxylation is 2. The van der Waals surface area contributed by atoms with Gasteiger partial charge in [-0.25, -0.2) is 13.6 Å². The van der Waals surface area contributed by atoms with E-state index in [2.05, 4.69) is 0 Å². The summed E-state index contributed by atoms with van der Waals surface area (Å²) < 4.78 is 22.4. The number of benzene rings is 1. The van der Waals surface area contributed by atoms with Crippen molar-refractivity contribution < 1.29 is 8.42 Å². The van der Waals surface area contributed by atoms with Crippen LogP contribution < -0.4 is 5.14 Å². The van der Waals surface area contributed by atoms with Gasteiger partial charge in [0.15, 0.2) is 0 Å². The lowest BCUT2D eigenvalue weighted by Gasteiger charge is -2.09. The van der Waals surface area contributed by atoms with Gasteiger partial charge in [0, 0.05) is 0 Å². The second-order valence-corrected chi connectivity index (χ2v) is 4.70. The summed E-state index contributed by atoms with van der Waals surface area (Å²) in [7, 11) is -3.59. The normalized spacial score (nSPS) is 10.9. The lowest BCUT2D eigenvalue weighted by molar-refractivity contribution is 0.596. The second-order valence-electron chi connectivity index (χ2n) is 3.20. The number of halogens is 1. The van der Waals surface area contributed by atoms with Gasteiger partial charge in [-0.15, -0.1) is 12.4 Å². The van der Waals surface area contributed by atoms with E-state index in [9.17, 15) is 8.42 Å². The number of rotatable bonds is 1. The summed E-state index contributed by atoms with van der Waals surface area (Å²) in [5.74, 6) is 0. The molecule has 0 aliphatic heterocycles. The maximum absolute atomic E-state index is 11.2. The molecule has 5 heteroatoms. The predicted octanol–water partition coefficient (Wildman–Crippen LogP) is 1.68. The zero-order chi connectivity index (χ0) is 10.2. The Bertz CT molecular complexity index is 440. The van der Waals surface area contributed by atoms with Crippen molar-refractivity contribution in [2.75, 3.05) is 0 Å². The summed E-state index contributed by atoms with van der Waals surface area (Å²) in [5, 5.41) is 5.10. The zero-order valence-corrected chi connectivity index (χ0v) is 10.00. The average molecular weight is 236 g/mol. The van der Waals surface area contributed by atoms with Gasteiger partial charge < -0.3 is 0 Å². The molecule has 0 radical (unpaired) electrons. The van der Waals surface area contributed by atoms with Crippen molar-refractivity contribution in [1.29, 1.82) is 0 Å². The van der Waals surface area contributed by atoms with Gasteiger partial charge in [-0.05, 0) is 37.5 Å². The fourth-order valence-electron chi connectivity index (χ4n) is 1.36. The minimum Gasteiger partial charge on any atom is -0.225 e. The van der Waals surface area contributed by atoms with Crippen molar-refractivity contribution in [2.24, 2.45) is 5.14 Å². The SMILES string of the molecule is Cc1ccc(C)c(S(N)(=O)=O)c1C.Cl. The lowest BCUT2D eigenvalue weighted by atomic mass is 10.1. The van der Waals surface area contributed by atoms with Gasteiger partial charge in [-0.1, -0.05) is 12.1 Å². The van der Waals surface area contributed by atoms with Gasteiger partial charge in [-0.2, -0.15) is 0 Å². The standard InChI is InChI=1S/C9H13NO2S.ClH/c1-6-4-5-7(2)9(8(6)3)13(10,11)12;/h4-5H,1-3H3,(H2,10,11,12);1H. The van der Waals surface area contributed by atoms with Crippen molar-refractivity contribution >= 4 is 22.4 Å².